The molecule has 2 unspecified atom stereocenters. The van der Waals surface area contributed by atoms with Crippen LogP contribution in [0.25, 0.3) is 0 Å². The van der Waals surface area contributed by atoms with Crippen LogP contribution in [-0.4, -0.2) is 22.1 Å². The van der Waals surface area contributed by atoms with Crippen molar-refractivity contribution in [3.63, 3.8) is 0 Å². The van der Waals surface area contributed by atoms with Crippen molar-refractivity contribution in [1.82, 2.24) is 4.98 Å². The molecule has 2 N–H and O–H groups in total. The molecule has 1 heterocycles. The SMILES string of the molecule is CC(C)Nc1cc(C2CC2C(=O)O)ccn1. The first kappa shape index (κ1) is 10.9. The fourth-order valence-corrected chi connectivity index (χ4v) is 1.89. The van der Waals surface area contributed by atoms with Crippen LogP contribution in [0.5, 0.6) is 0 Å². The molecule has 2 atom stereocenters. The van der Waals surface area contributed by atoms with Gasteiger partial charge in [-0.1, -0.05) is 0 Å². The molecule has 1 aromatic heterocycles. The molecule has 1 aliphatic rings. The molecule has 0 aliphatic heterocycles. The molecule has 1 saturated carbocycles. The first-order chi connectivity index (χ1) is 7.58. The Bertz CT molecular complexity index is 404. The second-order valence-electron chi connectivity index (χ2n) is 4.56. The highest BCUT2D eigenvalue weighted by atomic mass is 16.4. The van der Waals surface area contributed by atoms with Crippen LogP contribution >= 0.6 is 0 Å². The number of anilines is 1. The van der Waals surface area contributed by atoms with E-state index in [1.807, 2.05) is 26.0 Å². The number of nitrogens with one attached hydrogen (secondary N) is 1. The van der Waals surface area contributed by atoms with Crippen LogP contribution in [0, 0.1) is 5.92 Å². The van der Waals surface area contributed by atoms with Gasteiger partial charge >= 0.3 is 5.97 Å². The van der Waals surface area contributed by atoms with E-state index in [-0.39, 0.29) is 11.8 Å². The van der Waals surface area contributed by atoms with Gasteiger partial charge in [-0.3, -0.25) is 4.79 Å². The van der Waals surface area contributed by atoms with Gasteiger partial charge in [0.05, 0.1) is 5.92 Å². The van der Waals surface area contributed by atoms with Crippen molar-refractivity contribution in [2.24, 2.45) is 5.92 Å². The summed E-state index contributed by atoms with van der Waals surface area (Å²) in [5.41, 5.74) is 1.07. The lowest BCUT2D eigenvalue weighted by atomic mass is 10.1. The molecule has 16 heavy (non-hydrogen) atoms. The summed E-state index contributed by atoms with van der Waals surface area (Å²) < 4.78 is 0. The molecule has 0 radical (unpaired) electrons. The summed E-state index contributed by atoms with van der Waals surface area (Å²) in [4.78, 5) is 15.0. The summed E-state index contributed by atoms with van der Waals surface area (Å²) in [7, 11) is 0. The fraction of sp³-hybridized carbons (Fsp3) is 0.500. The second kappa shape index (κ2) is 4.12. The Hall–Kier alpha value is -1.58. The third-order valence-electron chi connectivity index (χ3n) is 2.76. The van der Waals surface area contributed by atoms with Crippen LogP contribution in [0.15, 0.2) is 18.3 Å². The summed E-state index contributed by atoms with van der Waals surface area (Å²) in [5, 5.41) is 12.1. The normalized spacial score (nSPS) is 23.2. The third kappa shape index (κ3) is 2.32. The highest BCUT2D eigenvalue weighted by molar-refractivity contribution is 5.75. The van der Waals surface area contributed by atoms with Gasteiger partial charge in [-0.15, -0.1) is 0 Å². The van der Waals surface area contributed by atoms with Crippen molar-refractivity contribution >= 4 is 11.8 Å². The maximum atomic E-state index is 10.8. The van der Waals surface area contributed by atoms with Gasteiger partial charge in [0, 0.05) is 12.2 Å². The lowest BCUT2D eigenvalue weighted by Gasteiger charge is -2.09. The predicted octanol–water partition coefficient (Wildman–Crippen LogP) is 2.09. The third-order valence-corrected chi connectivity index (χ3v) is 2.76. The molecule has 1 aromatic rings. The number of carboxylic acids is 1. The average Bonchev–Trinajstić information content (AvgIpc) is 2.96. The van der Waals surface area contributed by atoms with Crippen molar-refractivity contribution in [3.8, 4) is 0 Å². The lowest BCUT2D eigenvalue weighted by Crippen LogP contribution is -2.11. The maximum absolute atomic E-state index is 10.8. The Labute approximate surface area is 94.7 Å². The van der Waals surface area contributed by atoms with E-state index < -0.39 is 5.97 Å². The molecule has 0 spiro atoms. The standard InChI is InChI=1S/C12H16N2O2/c1-7(2)14-11-5-8(3-4-13-11)9-6-10(9)12(15)16/h3-5,7,9-10H,6H2,1-2H3,(H,13,14)(H,15,16). The van der Waals surface area contributed by atoms with Gasteiger partial charge in [-0.05, 0) is 43.9 Å². The summed E-state index contributed by atoms with van der Waals surface area (Å²) in [5.74, 6) is 0.103. The largest absolute Gasteiger partial charge is 0.481 e. The Kier molecular flexibility index (Phi) is 2.81. The average molecular weight is 220 g/mol. The molecule has 0 saturated heterocycles. The van der Waals surface area contributed by atoms with Crippen LogP contribution in [0.3, 0.4) is 0 Å². The second-order valence-corrected chi connectivity index (χ2v) is 4.56. The number of nitrogens with zero attached hydrogens (tertiary/aromatic N) is 1. The molecule has 0 aromatic carbocycles. The van der Waals surface area contributed by atoms with Crippen molar-refractivity contribution in [3.05, 3.63) is 23.9 Å². The molecular weight excluding hydrogens is 204 g/mol. The smallest absolute Gasteiger partial charge is 0.307 e. The molecule has 4 nitrogen and oxygen atoms in total. The molecule has 4 heteroatoms. The van der Waals surface area contributed by atoms with Crippen LogP contribution in [0.1, 0.15) is 31.7 Å². The van der Waals surface area contributed by atoms with E-state index in [2.05, 4.69) is 10.3 Å². The maximum Gasteiger partial charge on any atom is 0.307 e. The minimum absolute atomic E-state index is 0.174. The minimum atomic E-state index is -0.694. The number of hydrogen-bond acceptors (Lipinski definition) is 3. The Morgan fingerprint density at radius 3 is 2.94 bits per heavy atom. The van der Waals surface area contributed by atoms with Gasteiger partial charge < -0.3 is 10.4 Å². The summed E-state index contributed by atoms with van der Waals surface area (Å²) in [6.45, 7) is 4.09. The van der Waals surface area contributed by atoms with E-state index in [0.717, 1.165) is 17.8 Å². The van der Waals surface area contributed by atoms with Gasteiger partial charge in [-0.25, -0.2) is 4.98 Å². The van der Waals surface area contributed by atoms with Crippen molar-refractivity contribution < 1.29 is 9.90 Å². The van der Waals surface area contributed by atoms with E-state index in [1.54, 1.807) is 6.20 Å². The molecule has 0 amide bonds. The van der Waals surface area contributed by atoms with Crippen LogP contribution in [0.4, 0.5) is 5.82 Å². The Morgan fingerprint density at radius 1 is 1.62 bits per heavy atom. The zero-order chi connectivity index (χ0) is 11.7. The number of pyridine rings is 1. The number of aromatic nitrogens is 1. The summed E-state index contributed by atoms with van der Waals surface area (Å²) in [6, 6.07) is 4.18. The van der Waals surface area contributed by atoms with Gasteiger partial charge in [-0.2, -0.15) is 0 Å². The molecule has 0 bridgehead atoms. The van der Waals surface area contributed by atoms with Crippen LogP contribution in [0.2, 0.25) is 0 Å². The first-order valence-corrected chi connectivity index (χ1v) is 5.53. The quantitative estimate of drug-likeness (QED) is 0.815. The van der Waals surface area contributed by atoms with E-state index in [1.165, 1.54) is 0 Å². The Balaban J connectivity index is 2.09. The topological polar surface area (TPSA) is 62.2 Å². The highest BCUT2D eigenvalue weighted by Gasteiger charge is 2.44. The van der Waals surface area contributed by atoms with E-state index >= 15 is 0 Å². The lowest BCUT2D eigenvalue weighted by molar-refractivity contribution is -0.138. The first-order valence-electron chi connectivity index (χ1n) is 5.53. The highest BCUT2D eigenvalue weighted by Crippen LogP contribution is 2.47. The van der Waals surface area contributed by atoms with Gasteiger partial charge in [0.15, 0.2) is 0 Å². The number of carbonyl (C=O) groups is 1. The molecule has 1 aliphatic carbocycles. The molecule has 86 valence electrons. The number of rotatable bonds is 4. The van der Waals surface area contributed by atoms with Crippen molar-refractivity contribution in [2.75, 3.05) is 5.32 Å². The molecule has 2 rings (SSSR count). The van der Waals surface area contributed by atoms with Crippen molar-refractivity contribution in [2.45, 2.75) is 32.2 Å². The van der Waals surface area contributed by atoms with E-state index in [4.69, 9.17) is 5.11 Å². The predicted molar refractivity (Wildman–Crippen MR) is 61.5 cm³/mol. The number of aliphatic carboxylic acids is 1. The Morgan fingerprint density at radius 2 is 2.38 bits per heavy atom. The number of hydrogen-bond donors (Lipinski definition) is 2. The van der Waals surface area contributed by atoms with E-state index in [0.29, 0.717) is 6.04 Å². The fourth-order valence-electron chi connectivity index (χ4n) is 1.89. The van der Waals surface area contributed by atoms with Crippen LogP contribution < -0.4 is 5.32 Å². The van der Waals surface area contributed by atoms with Gasteiger partial charge in [0.25, 0.3) is 0 Å². The summed E-state index contributed by atoms with van der Waals surface area (Å²) in [6.07, 6.45) is 2.48. The zero-order valence-electron chi connectivity index (χ0n) is 9.47. The monoisotopic (exact) mass is 220 g/mol. The van der Waals surface area contributed by atoms with Crippen LogP contribution in [-0.2, 0) is 4.79 Å². The van der Waals surface area contributed by atoms with Gasteiger partial charge in [0.1, 0.15) is 5.82 Å². The molecular formula is C12H16N2O2. The number of carboxylic acid groups (broad SMARTS) is 1. The zero-order valence-corrected chi connectivity index (χ0v) is 9.47. The minimum Gasteiger partial charge on any atom is -0.481 e. The van der Waals surface area contributed by atoms with Crippen molar-refractivity contribution in [1.29, 1.82) is 0 Å². The van der Waals surface area contributed by atoms with E-state index in [9.17, 15) is 4.79 Å². The molecule has 1 fully saturated rings. The van der Waals surface area contributed by atoms with Gasteiger partial charge in [0.2, 0.25) is 0 Å². The summed E-state index contributed by atoms with van der Waals surface area (Å²) >= 11 is 0.